The molecule has 0 unspecified atom stereocenters. The number of carbonyl (C=O) groups is 2. The molecule has 0 aliphatic carbocycles. The lowest BCUT2D eigenvalue weighted by Crippen LogP contribution is -3.28. The molecule has 1 aliphatic rings. The van der Waals surface area contributed by atoms with Crippen LogP contribution in [0.5, 0.6) is 0 Å². The fourth-order valence-corrected chi connectivity index (χ4v) is 3.92. The SMILES string of the molecule is COC(=O)[C@H](Cc1ccccc1)NC(=O)C[NH+]1CC[NH+](C/C=C/c2ccccc2)CC1. The first-order valence-electron chi connectivity index (χ1n) is 10.9. The van der Waals surface area contributed by atoms with Gasteiger partial charge in [0.15, 0.2) is 6.54 Å². The molecule has 1 heterocycles. The van der Waals surface area contributed by atoms with Crippen molar-refractivity contribution in [1.82, 2.24) is 5.32 Å². The van der Waals surface area contributed by atoms with Crippen molar-refractivity contribution in [3.63, 3.8) is 0 Å². The zero-order valence-electron chi connectivity index (χ0n) is 18.2. The lowest BCUT2D eigenvalue weighted by atomic mass is 10.1. The Morgan fingerprint density at radius 3 is 2.23 bits per heavy atom. The number of carbonyl (C=O) groups excluding carboxylic acids is 2. The van der Waals surface area contributed by atoms with Crippen molar-refractivity contribution < 1.29 is 24.1 Å². The second kappa shape index (κ2) is 12.0. The molecule has 0 saturated carbocycles. The van der Waals surface area contributed by atoms with Crippen LogP contribution in [0.15, 0.2) is 66.7 Å². The lowest BCUT2D eigenvalue weighted by molar-refractivity contribution is -1.01. The van der Waals surface area contributed by atoms with Crippen molar-refractivity contribution in [3.05, 3.63) is 77.9 Å². The van der Waals surface area contributed by atoms with Gasteiger partial charge in [0.05, 0.1) is 13.7 Å². The molecule has 1 fully saturated rings. The molecule has 0 aromatic heterocycles. The van der Waals surface area contributed by atoms with Crippen LogP contribution >= 0.6 is 0 Å². The number of piperazine rings is 1. The minimum Gasteiger partial charge on any atom is -0.467 e. The van der Waals surface area contributed by atoms with Gasteiger partial charge in [0.1, 0.15) is 32.2 Å². The standard InChI is InChI=1S/C25H31N3O3/c1-31-25(30)23(19-22-11-6-3-7-12-22)26-24(29)20-28-17-15-27(16-18-28)14-8-13-21-9-4-2-5-10-21/h2-13,23H,14-20H2,1H3,(H,26,29)/p+2/b13-8+/t23-/m0/s1. The monoisotopic (exact) mass is 423 g/mol. The molecule has 1 saturated heterocycles. The zero-order chi connectivity index (χ0) is 21.9. The fourth-order valence-electron chi connectivity index (χ4n) is 3.92. The van der Waals surface area contributed by atoms with E-state index >= 15 is 0 Å². The first-order valence-corrected chi connectivity index (χ1v) is 10.9. The Labute approximate surface area is 184 Å². The highest BCUT2D eigenvalue weighted by atomic mass is 16.5. The predicted octanol–water partition coefficient (Wildman–Crippen LogP) is -0.616. The van der Waals surface area contributed by atoms with Crippen molar-refractivity contribution in [1.29, 1.82) is 0 Å². The number of hydrogen-bond donors (Lipinski definition) is 3. The van der Waals surface area contributed by atoms with Crippen molar-refractivity contribution in [2.75, 3.05) is 46.4 Å². The Bertz CT molecular complexity index is 847. The summed E-state index contributed by atoms with van der Waals surface area (Å²) in [5, 5.41) is 2.87. The summed E-state index contributed by atoms with van der Waals surface area (Å²) < 4.78 is 4.89. The highest BCUT2D eigenvalue weighted by molar-refractivity contribution is 5.85. The summed E-state index contributed by atoms with van der Waals surface area (Å²) in [6, 6.07) is 19.3. The van der Waals surface area contributed by atoms with E-state index in [4.69, 9.17) is 4.74 Å². The van der Waals surface area contributed by atoms with E-state index < -0.39 is 12.0 Å². The van der Waals surface area contributed by atoms with Crippen LogP contribution in [0.3, 0.4) is 0 Å². The quantitative estimate of drug-likeness (QED) is 0.472. The Morgan fingerprint density at radius 1 is 0.968 bits per heavy atom. The number of nitrogens with one attached hydrogen (secondary N) is 3. The van der Waals surface area contributed by atoms with Crippen LogP contribution in [0.2, 0.25) is 0 Å². The van der Waals surface area contributed by atoms with E-state index in [1.807, 2.05) is 48.5 Å². The van der Waals surface area contributed by atoms with Crippen LogP contribution in [0, 0.1) is 0 Å². The van der Waals surface area contributed by atoms with Gasteiger partial charge in [0.2, 0.25) is 0 Å². The fraction of sp³-hybridized carbons (Fsp3) is 0.360. The van der Waals surface area contributed by atoms with Gasteiger partial charge in [-0.15, -0.1) is 0 Å². The number of methoxy groups -OCH3 is 1. The van der Waals surface area contributed by atoms with Crippen LogP contribution < -0.4 is 15.1 Å². The highest BCUT2D eigenvalue weighted by Crippen LogP contribution is 2.04. The molecule has 1 aliphatic heterocycles. The van der Waals surface area contributed by atoms with E-state index in [1.54, 1.807) is 0 Å². The Balaban J connectivity index is 1.42. The third-order valence-corrected chi connectivity index (χ3v) is 5.69. The van der Waals surface area contributed by atoms with Crippen molar-refractivity contribution >= 4 is 18.0 Å². The van der Waals surface area contributed by atoms with Crippen LogP contribution in [-0.2, 0) is 20.7 Å². The second-order valence-corrected chi connectivity index (χ2v) is 8.03. The minimum atomic E-state index is -0.658. The zero-order valence-corrected chi connectivity index (χ0v) is 18.2. The summed E-state index contributed by atoms with van der Waals surface area (Å²) in [7, 11) is 1.35. The number of amides is 1. The molecule has 0 spiro atoms. The Hall–Kier alpha value is -2.96. The molecule has 0 radical (unpaired) electrons. The third-order valence-electron chi connectivity index (χ3n) is 5.69. The maximum Gasteiger partial charge on any atom is 0.328 e. The van der Waals surface area contributed by atoms with E-state index in [2.05, 4.69) is 29.6 Å². The summed E-state index contributed by atoms with van der Waals surface area (Å²) in [5.74, 6) is -0.513. The molecular weight excluding hydrogens is 390 g/mol. The van der Waals surface area contributed by atoms with Crippen molar-refractivity contribution in [2.24, 2.45) is 0 Å². The predicted molar refractivity (Wildman–Crippen MR) is 121 cm³/mol. The summed E-state index contributed by atoms with van der Waals surface area (Å²) in [6.45, 7) is 5.34. The maximum absolute atomic E-state index is 12.6. The second-order valence-electron chi connectivity index (χ2n) is 8.03. The summed E-state index contributed by atoms with van der Waals surface area (Å²) in [5.41, 5.74) is 2.21. The number of benzene rings is 2. The van der Waals surface area contributed by atoms with Gasteiger partial charge in [-0.3, -0.25) is 4.79 Å². The van der Waals surface area contributed by atoms with Gasteiger partial charge in [0.25, 0.3) is 5.91 Å². The maximum atomic E-state index is 12.6. The van der Waals surface area contributed by atoms with Gasteiger partial charge in [-0.2, -0.15) is 0 Å². The number of ether oxygens (including phenoxy) is 1. The number of hydrogen-bond acceptors (Lipinski definition) is 3. The van der Waals surface area contributed by atoms with Crippen molar-refractivity contribution in [2.45, 2.75) is 12.5 Å². The summed E-state index contributed by atoms with van der Waals surface area (Å²) in [6.07, 6.45) is 4.83. The van der Waals surface area contributed by atoms with Gasteiger partial charge >= 0.3 is 5.97 Å². The largest absolute Gasteiger partial charge is 0.467 e. The van der Waals surface area contributed by atoms with Crippen LogP contribution in [0.25, 0.3) is 6.08 Å². The smallest absolute Gasteiger partial charge is 0.328 e. The van der Waals surface area contributed by atoms with Crippen molar-refractivity contribution in [3.8, 4) is 0 Å². The summed E-state index contributed by atoms with van der Waals surface area (Å²) >= 11 is 0. The molecule has 2 aromatic carbocycles. The Morgan fingerprint density at radius 2 is 1.58 bits per heavy atom. The first-order chi connectivity index (χ1) is 15.1. The molecule has 31 heavy (non-hydrogen) atoms. The van der Waals surface area contributed by atoms with E-state index in [9.17, 15) is 9.59 Å². The van der Waals surface area contributed by atoms with Gasteiger partial charge in [-0.25, -0.2) is 4.79 Å². The molecule has 3 rings (SSSR count). The molecule has 6 nitrogen and oxygen atoms in total. The topological polar surface area (TPSA) is 64.3 Å². The van der Waals surface area contributed by atoms with E-state index in [-0.39, 0.29) is 5.91 Å². The van der Waals surface area contributed by atoms with Crippen LogP contribution in [0.1, 0.15) is 11.1 Å². The molecule has 0 bridgehead atoms. The average Bonchev–Trinajstić information content (AvgIpc) is 2.80. The molecular formula is C25H33N3O3+2. The van der Waals surface area contributed by atoms with E-state index in [0.717, 1.165) is 38.3 Å². The first kappa shape index (κ1) is 22.7. The van der Waals surface area contributed by atoms with Gasteiger partial charge < -0.3 is 19.9 Å². The molecule has 2 aromatic rings. The van der Waals surface area contributed by atoms with Crippen LogP contribution in [-0.4, -0.2) is 64.3 Å². The lowest BCUT2D eigenvalue weighted by Gasteiger charge is -2.29. The van der Waals surface area contributed by atoms with Gasteiger partial charge in [0, 0.05) is 6.42 Å². The van der Waals surface area contributed by atoms with E-state index in [0.29, 0.717) is 13.0 Å². The Kier molecular flexibility index (Phi) is 8.82. The number of rotatable bonds is 9. The highest BCUT2D eigenvalue weighted by Gasteiger charge is 2.27. The molecule has 6 heteroatoms. The molecule has 1 atom stereocenters. The number of quaternary nitrogens is 2. The normalized spacial score (nSPS) is 19.6. The van der Waals surface area contributed by atoms with E-state index in [1.165, 1.54) is 22.5 Å². The average molecular weight is 424 g/mol. The molecule has 1 amide bonds. The molecule has 164 valence electrons. The minimum absolute atomic E-state index is 0.103. The van der Waals surface area contributed by atoms with Crippen LogP contribution in [0.4, 0.5) is 0 Å². The molecule has 3 N–H and O–H groups in total. The van der Waals surface area contributed by atoms with Gasteiger partial charge in [-0.1, -0.05) is 66.7 Å². The van der Waals surface area contributed by atoms with Gasteiger partial charge in [-0.05, 0) is 17.2 Å². The number of esters is 1. The summed E-state index contributed by atoms with van der Waals surface area (Å²) in [4.78, 5) is 27.5. The third kappa shape index (κ3) is 7.66.